The Morgan fingerprint density at radius 2 is 2.03 bits per heavy atom. The molecule has 2 N–H and O–H groups in total. The normalized spacial score (nSPS) is 12.8. The molecular weight excluding hydrogens is 373 g/mol. The minimum absolute atomic E-state index is 0.178. The average Bonchev–Trinajstić information content (AvgIpc) is 2.74. The highest BCUT2D eigenvalue weighted by Crippen LogP contribution is 2.20. The SMILES string of the molecule is N#Cc1cccc(NC(=O)N2CCc3c(nc(-c4ccc(F)cc4)[nH]c3=O)C2)c1. The molecule has 2 aromatic carbocycles. The Bertz CT molecular complexity index is 1180. The number of nitrogens with zero attached hydrogens (tertiary/aromatic N) is 3. The molecule has 0 saturated carbocycles. The number of rotatable bonds is 2. The molecule has 1 aromatic heterocycles. The first-order valence-electron chi connectivity index (χ1n) is 8.97. The fraction of sp³-hybridized carbons (Fsp3) is 0.143. The maximum atomic E-state index is 13.2. The number of amides is 2. The predicted octanol–water partition coefficient (Wildman–Crippen LogP) is 3.04. The van der Waals surface area contributed by atoms with Gasteiger partial charge >= 0.3 is 6.03 Å². The lowest BCUT2D eigenvalue weighted by atomic mass is 10.1. The molecule has 7 nitrogen and oxygen atoms in total. The highest BCUT2D eigenvalue weighted by Gasteiger charge is 2.24. The van der Waals surface area contributed by atoms with Gasteiger partial charge in [-0.05, 0) is 48.9 Å². The van der Waals surface area contributed by atoms with Gasteiger partial charge in [0.2, 0.25) is 0 Å². The first kappa shape index (κ1) is 18.4. The highest BCUT2D eigenvalue weighted by atomic mass is 19.1. The van der Waals surface area contributed by atoms with Crippen molar-refractivity contribution in [3.8, 4) is 17.5 Å². The summed E-state index contributed by atoms with van der Waals surface area (Å²) in [6.45, 7) is 0.550. The molecule has 0 unspecified atom stereocenters. The summed E-state index contributed by atoms with van der Waals surface area (Å²) < 4.78 is 13.2. The van der Waals surface area contributed by atoms with Crippen molar-refractivity contribution in [2.45, 2.75) is 13.0 Å². The highest BCUT2D eigenvalue weighted by molar-refractivity contribution is 5.89. The second kappa shape index (κ2) is 7.56. The van der Waals surface area contributed by atoms with E-state index in [1.165, 1.54) is 24.3 Å². The van der Waals surface area contributed by atoms with E-state index in [1.54, 1.807) is 29.2 Å². The Morgan fingerprint density at radius 3 is 2.79 bits per heavy atom. The van der Waals surface area contributed by atoms with Gasteiger partial charge in [0, 0.05) is 23.4 Å². The van der Waals surface area contributed by atoms with Gasteiger partial charge in [-0.15, -0.1) is 0 Å². The van der Waals surface area contributed by atoms with E-state index in [0.717, 1.165) is 0 Å². The lowest BCUT2D eigenvalue weighted by Crippen LogP contribution is -2.41. The number of H-pyrrole nitrogens is 1. The maximum absolute atomic E-state index is 13.2. The zero-order valence-electron chi connectivity index (χ0n) is 15.3. The number of fused-ring (bicyclic) bond motifs is 1. The molecule has 2 amide bonds. The largest absolute Gasteiger partial charge is 0.322 e. The third kappa shape index (κ3) is 3.84. The number of anilines is 1. The topological polar surface area (TPSA) is 102 Å². The fourth-order valence-electron chi connectivity index (χ4n) is 3.23. The zero-order chi connectivity index (χ0) is 20.4. The van der Waals surface area contributed by atoms with Gasteiger partial charge in [-0.2, -0.15) is 5.26 Å². The van der Waals surface area contributed by atoms with Crippen molar-refractivity contribution in [3.05, 3.63) is 81.5 Å². The number of aromatic amines is 1. The second-order valence-corrected chi connectivity index (χ2v) is 6.64. The molecule has 4 rings (SSSR count). The van der Waals surface area contributed by atoms with Gasteiger partial charge in [0.1, 0.15) is 11.6 Å². The van der Waals surface area contributed by atoms with Gasteiger partial charge in [0.25, 0.3) is 5.56 Å². The van der Waals surface area contributed by atoms with Crippen LogP contribution in [0.4, 0.5) is 14.9 Å². The molecular formula is C21H16FN5O2. The van der Waals surface area contributed by atoms with Crippen molar-refractivity contribution >= 4 is 11.7 Å². The molecule has 0 bridgehead atoms. The van der Waals surface area contributed by atoms with Crippen molar-refractivity contribution in [2.75, 3.05) is 11.9 Å². The van der Waals surface area contributed by atoms with Gasteiger partial charge in [-0.1, -0.05) is 6.07 Å². The smallest absolute Gasteiger partial charge is 0.318 e. The van der Waals surface area contributed by atoms with E-state index < -0.39 is 0 Å². The van der Waals surface area contributed by atoms with Crippen LogP contribution in [0, 0.1) is 17.1 Å². The molecule has 0 radical (unpaired) electrons. The number of urea groups is 1. The van der Waals surface area contributed by atoms with E-state index in [1.807, 2.05) is 6.07 Å². The number of hydrogen-bond acceptors (Lipinski definition) is 4. The zero-order valence-corrected chi connectivity index (χ0v) is 15.3. The molecule has 8 heteroatoms. The lowest BCUT2D eigenvalue weighted by molar-refractivity contribution is 0.205. The Morgan fingerprint density at radius 1 is 1.24 bits per heavy atom. The number of benzene rings is 2. The van der Waals surface area contributed by atoms with Crippen LogP contribution < -0.4 is 10.9 Å². The third-order valence-electron chi connectivity index (χ3n) is 4.72. The molecule has 2 heterocycles. The van der Waals surface area contributed by atoms with E-state index in [2.05, 4.69) is 15.3 Å². The number of carbonyl (C=O) groups is 1. The maximum Gasteiger partial charge on any atom is 0.322 e. The van der Waals surface area contributed by atoms with Crippen molar-refractivity contribution in [3.63, 3.8) is 0 Å². The molecule has 1 aliphatic rings. The predicted molar refractivity (Wildman–Crippen MR) is 105 cm³/mol. The van der Waals surface area contributed by atoms with Crippen LogP contribution in [0.25, 0.3) is 11.4 Å². The summed E-state index contributed by atoms with van der Waals surface area (Å²) in [5, 5.41) is 11.7. The van der Waals surface area contributed by atoms with E-state index in [0.29, 0.717) is 46.9 Å². The Balaban J connectivity index is 1.57. The average molecular weight is 389 g/mol. The number of halogens is 1. The first-order chi connectivity index (χ1) is 14.0. The second-order valence-electron chi connectivity index (χ2n) is 6.64. The summed E-state index contributed by atoms with van der Waals surface area (Å²) in [7, 11) is 0. The molecule has 1 aliphatic heterocycles. The molecule has 29 heavy (non-hydrogen) atoms. The van der Waals surface area contributed by atoms with Crippen molar-refractivity contribution < 1.29 is 9.18 Å². The minimum Gasteiger partial charge on any atom is -0.318 e. The quantitative estimate of drug-likeness (QED) is 0.703. The Hall–Kier alpha value is -3.99. The number of aromatic nitrogens is 2. The molecule has 144 valence electrons. The van der Waals surface area contributed by atoms with Crippen LogP contribution in [0.1, 0.15) is 16.8 Å². The van der Waals surface area contributed by atoms with Crippen LogP contribution in [0.3, 0.4) is 0 Å². The van der Waals surface area contributed by atoms with Crippen molar-refractivity contribution in [2.24, 2.45) is 0 Å². The van der Waals surface area contributed by atoms with E-state index in [9.17, 15) is 14.0 Å². The van der Waals surface area contributed by atoms with Gasteiger partial charge in [-0.3, -0.25) is 4.79 Å². The molecule has 0 saturated heterocycles. The number of nitriles is 1. The summed E-state index contributed by atoms with van der Waals surface area (Å²) in [5.74, 6) is -0.0462. The summed E-state index contributed by atoms with van der Waals surface area (Å²) >= 11 is 0. The van der Waals surface area contributed by atoms with Crippen LogP contribution in [-0.4, -0.2) is 27.4 Å². The van der Waals surface area contributed by atoms with Crippen molar-refractivity contribution in [1.29, 1.82) is 5.26 Å². The van der Waals surface area contributed by atoms with Gasteiger partial charge in [0.15, 0.2) is 0 Å². The summed E-state index contributed by atoms with van der Waals surface area (Å²) in [6, 6.07) is 14.0. The molecule has 3 aromatic rings. The van der Waals surface area contributed by atoms with Crippen LogP contribution >= 0.6 is 0 Å². The van der Waals surface area contributed by atoms with E-state index >= 15 is 0 Å². The first-order valence-corrected chi connectivity index (χ1v) is 8.97. The van der Waals surface area contributed by atoms with Gasteiger partial charge < -0.3 is 15.2 Å². The summed E-state index contributed by atoms with van der Waals surface area (Å²) in [4.78, 5) is 33.9. The number of nitrogens with one attached hydrogen (secondary N) is 2. The number of hydrogen-bond donors (Lipinski definition) is 2. The van der Waals surface area contributed by atoms with Gasteiger partial charge in [0.05, 0.1) is 23.9 Å². The van der Waals surface area contributed by atoms with Crippen molar-refractivity contribution in [1.82, 2.24) is 14.9 Å². The fourth-order valence-corrected chi connectivity index (χ4v) is 3.23. The monoisotopic (exact) mass is 389 g/mol. The third-order valence-corrected chi connectivity index (χ3v) is 4.72. The molecule has 0 atom stereocenters. The summed E-state index contributed by atoms with van der Waals surface area (Å²) in [6.07, 6.45) is 0.382. The standard InChI is InChI=1S/C21H16FN5O2/c22-15-6-4-14(5-7-15)19-25-18-12-27(9-8-17(18)20(28)26-19)21(29)24-16-3-1-2-13(10-16)11-23/h1-7,10H,8-9,12H2,(H,24,29)(H,25,26,28). The van der Waals surface area contributed by atoms with E-state index in [4.69, 9.17) is 5.26 Å². The van der Waals surface area contributed by atoms with Crippen LogP contribution in [0.15, 0.2) is 53.3 Å². The molecule has 0 fully saturated rings. The van der Waals surface area contributed by atoms with Crippen LogP contribution in [0.5, 0.6) is 0 Å². The number of carbonyl (C=O) groups excluding carboxylic acids is 1. The summed E-state index contributed by atoms with van der Waals surface area (Å²) in [5.41, 5.74) is 2.36. The molecule has 0 spiro atoms. The Labute approximate surface area is 165 Å². The van der Waals surface area contributed by atoms with Crippen LogP contribution in [0.2, 0.25) is 0 Å². The Kier molecular flexibility index (Phi) is 4.79. The molecule has 0 aliphatic carbocycles. The lowest BCUT2D eigenvalue weighted by Gasteiger charge is -2.28. The minimum atomic E-state index is -0.377. The van der Waals surface area contributed by atoms with Crippen LogP contribution in [-0.2, 0) is 13.0 Å². The van der Waals surface area contributed by atoms with Gasteiger partial charge in [-0.25, -0.2) is 14.2 Å². The van der Waals surface area contributed by atoms with E-state index in [-0.39, 0.29) is 24.0 Å².